The third-order valence-electron chi connectivity index (χ3n) is 6.95. The van der Waals surface area contributed by atoms with E-state index in [0.29, 0.717) is 28.2 Å². The van der Waals surface area contributed by atoms with Crippen LogP contribution in [0.1, 0.15) is 38.5 Å². The molecule has 0 fully saturated rings. The highest BCUT2D eigenvalue weighted by atomic mass is 35.5. The van der Waals surface area contributed by atoms with Crippen molar-refractivity contribution in [1.29, 1.82) is 0 Å². The molecular weight excluding hydrogens is 488 g/mol. The van der Waals surface area contributed by atoms with E-state index in [1.807, 2.05) is 16.7 Å². The van der Waals surface area contributed by atoms with Crippen LogP contribution in [0.3, 0.4) is 0 Å². The molecule has 9 heteroatoms. The molecule has 6 rings (SSSR count). The van der Waals surface area contributed by atoms with Gasteiger partial charge in [-0.2, -0.15) is 0 Å². The number of amides is 2. The fourth-order valence-corrected chi connectivity index (χ4v) is 5.28. The summed E-state index contributed by atoms with van der Waals surface area (Å²) in [7, 11) is 1.59. The number of hydrogen-bond acceptors (Lipinski definition) is 4. The lowest BCUT2D eigenvalue weighted by molar-refractivity contribution is 0.0926. The Morgan fingerprint density at radius 1 is 1.00 bits per heavy atom. The van der Waals surface area contributed by atoms with E-state index in [1.165, 1.54) is 5.56 Å². The zero-order chi connectivity index (χ0) is 25.7. The van der Waals surface area contributed by atoms with Crippen LogP contribution in [0.15, 0.2) is 60.9 Å². The Morgan fingerprint density at radius 2 is 1.84 bits per heavy atom. The molecule has 0 aliphatic carbocycles. The molecule has 37 heavy (non-hydrogen) atoms. The summed E-state index contributed by atoms with van der Waals surface area (Å²) in [5, 5.41) is 6.14. The second-order valence-corrected chi connectivity index (χ2v) is 9.81. The van der Waals surface area contributed by atoms with Crippen molar-refractivity contribution in [2.45, 2.75) is 32.4 Å². The zero-order valence-electron chi connectivity index (χ0n) is 20.5. The number of benzene rings is 3. The molecule has 2 amide bonds. The van der Waals surface area contributed by atoms with Gasteiger partial charge < -0.3 is 15.2 Å². The lowest BCUT2D eigenvalue weighted by Gasteiger charge is -2.25. The minimum atomic E-state index is -0.198. The number of halogens is 1. The molecule has 1 unspecified atom stereocenters. The van der Waals surface area contributed by atoms with Crippen LogP contribution in [0.2, 0.25) is 5.02 Å². The Balaban J connectivity index is 1.21. The number of hydrogen-bond donors (Lipinski definition) is 2. The number of fused-ring (bicyclic) bond motifs is 4. The van der Waals surface area contributed by atoms with Crippen LogP contribution < -0.4 is 10.6 Å². The van der Waals surface area contributed by atoms with E-state index >= 15 is 0 Å². The highest BCUT2D eigenvalue weighted by Crippen LogP contribution is 2.26. The second-order valence-electron chi connectivity index (χ2n) is 9.40. The Hall–Kier alpha value is -4.17. The smallest absolute Gasteiger partial charge is 0.253 e. The Morgan fingerprint density at radius 3 is 2.65 bits per heavy atom. The van der Waals surface area contributed by atoms with E-state index in [4.69, 9.17) is 16.6 Å². The van der Waals surface area contributed by atoms with Gasteiger partial charge in [0.05, 0.1) is 32.7 Å². The number of aryl methyl sites for hydroxylation is 2. The summed E-state index contributed by atoms with van der Waals surface area (Å²) >= 11 is 6.59. The van der Waals surface area contributed by atoms with Crippen LogP contribution in [-0.2, 0) is 13.0 Å². The number of imidazole rings is 2. The van der Waals surface area contributed by atoms with Crippen molar-refractivity contribution in [3.63, 3.8) is 0 Å². The molecule has 0 radical (unpaired) electrons. The van der Waals surface area contributed by atoms with Gasteiger partial charge in [-0.25, -0.2) is 9.97 Å². The van der Waals surface area contributed by atoms with Gasteiger partial charge in [0.25, 0.3) is 11.8 Å². The van der Waals surface area contributed by atoms with Crippen molar-refractivity contribution in [3.8, 4) is 5.69 Å². The SMILES string of the molecule is CNC(=O)c1ccc2c(c1)ncn2-c1ccc(C(=O)NC2CCc3nc4cc(C)ccc4n3C2)c(Cl)c1. The minimum Gasteiger partial charge on any atom is -0.355 e. The average molecular weight is 513 g/mol. The molecule has 2 N–H and O–H groups in total. The van der Waals surface area contributed by atoms with Crippen molar-refractivity contribution in [3.05, 3.63) is 88.5 Å². The van der Waals surface area contributed by atoms with Gasteiger partial charge in [0, 0.05) is 37.3 Å². The minimum absolute atomic E-state index is 0.0124. The van der Waals surface area contributed by atoms with Gasteiger partial charge in [-0.3, -0.25) is 14.2 Å². The van der Waals surface area contributed by atoms with Gasteiger partial charge >= 0.3 is 0 Å². The number of nitrogens with one attached hydrogen (secondary N) is 2. The van der Waals surface area contributed by atoms with E-state index in [9.17, 15) is 9.59 Å². The summed E-state index contributed by atoms with van der Waals surface area (Å²) in [5.41, 5.74) is 6.55. The molecule has 0 spiro atoms. The first kappa shape index (κ1) is 23.2. The Kier molecular flexibility index (Phi) is 5.68. The molecule has 1 atom stereocenters. The highest BCUT2D eigenvalue weighted by Gasteiger charge is 2.24. The average Bonchev–Trinajstić information content (AvgIpc) is 3.48. The van der Waals surface area contributed by atoms with Crippen LogP contribution in [0.5, 0.6) is 0 Å². The van der Waals surface area contributed by atoms with E-state index in [-0.39, 0.29) is 17.9 Å². The number of nitrogens with zero attached hydrogens (tertiary/aromatic N) is 4. The van der Waals surface area contributed by atoms with E-state index in [0.717, 1.165) is 40.9 Å². The van der Waals surface area contributed by atoms with E-state index in [1.54, 1.807) is 37.6 Å². The maximum atomic E-state index is 13.2. The van der Waals surface area contributed by atoms with Gasteiger partial charge in [-0.1, -0.05) is 17.7 Å². The maximum Gasteiger partial charge on any atom is 0.253 e. The predicted molar refractivity (Wildman–Crippen MR) is 144 cm³/mol. The van der Waals surface area contributed by atoms with Crippen LogP contribution in [0.4, 0.5) is 0 Å². The number of carbonyl (C=O) groups is 2. The van der Waals surface area contributed by atoms with Gasteiger partial charge in [-0.15, -0.1) is 0 Å². The summed E-state index contributed by atoms with van der Waals surface area (Å²) in [6.45, 7) is 2.74. The number of carbonyl (C=O) groups excluding carboxylic acids is 2. The monoisotopic (exact) mass is 512 g/mol. The topological polar surface area (TPSA) is 93.8 Å². The second kappa shape index (κ2) is 9.05. The maximum absolute atomic E-state index is 13.2. The lowest BCUT2D eigenvalue weighted by atomic mass is 10.1. The van der Waals surface area contributed by atoms with Crippen LogP contribution >= 0.6 is 11.6 Å². The summed E-state index contributed by atoms with van der Waals surface area (Å²) in [4.78, 5) is 34.3. The van der Waals surface area contributed by atoms with Gasteiger partial charge in [-0.05, 0) is 67.4 Å². The van der Waals surface area contributed by atoms with E-state index < -0.39 is 0 Å². The van der Waals surface area contributed by atoms with Crippen LogP contribution in [0.25, 0.3) is 27.8 Å². The molecule has 5 aromatic rings. The summed E-state index contributed by atoms with van der Waals surface area (Å²) in [6.07, 6.45) is 3.31. The quantitative estimate of drug-likeness (QED) is 0.372. The Labute approximate surface area is 218 Å². The van der Waals surface area contributed by atoms with Gasteiger partial charge in [0.2, 0.25) is 0 Å². The van der Waals surface area contributed by atoms with Crippen LogP contribution in [-0.4, -0.2) is 44.0 Å². The van der Waals surface area contributed by atoms with Gasteiger partial charge in [0.15, 0.2) is 0 Å². The molecule has 186 valence electrons. The molecule has 1 aliphatic rings. The van der Waals surface area contributed by atoms with Crippen molar-refractivity contribution in [1.82, 2.24) is 29.7 Å². The first-order chi connectivity index (χ1) is 17.9. The molecule has 0 saturated carbocycles. The van der Waals surface area contributed by atoms with Crippen LogP contribution in [0, 0.1) is 6.92 Å². The molecule has 2 aromatic heterocycles. The Bertz CT molecular complexity index is 1700. The van der Waals surface area contributed by atoms with Crippen molar-refractivity contribution >= 4 is 45.5 Å². The van der Waals surface area contributed by atoms with Gasteiger partial charge in [0.1, 0.15) is 12.2 Å². The third kappa shape index (κ3) is 4.13. The molecule has 3 aromatic carbocycles. The normalized spacial score (nSPS) is 15.1. The zero-order valence-corrected chi connectivity index (χ0v) is 21.2. The predicted octanol–water partition coefficient (Wildman–Crippen LogP) is 4.44. The first-order valence-electron chi connectivity index (χ1n) is 12.2. The molecule has 3 heterocycles. The van der Waals surface area contributed by atoms with E-state index in [2.05, 4.69) is 45.3 Å². The molecule has 0 bridgehead atoms. The first-order valence-corrected chi connectivity index (χ1v) is 12.5. The van der Waals surface area contributed by atoms with Crippen molar-refractivity contribution < 1.29 is 9.59 Å². The molecule has 0 saturated heterocycles. The summed E-state index contributed by atoms with van der Waals surface area (Å²) in [5.74, 6) is 0.694. The number of rotatable bonds is 4. The fraction of sp³-hybridized carbons (Fsp3) is 0.214. The summed E-state index contributed by atoms with van der Waals surface area (Å²) in [6, 6.07) is 17.0. The van der Waals surface area contributed by atoms with Crippen molar-refractivity contribution in [2.24, 2.45) is 0 Å². The standard InChI is InChI=1S/C28H25ClN6O2/c1-16-3-8-25-23(11-16)33-26-10-5-18(14-34(25)26)32-28(37)20-7-6-19(13-21(20)29)35-15-31-22-12-17(27(36)30-2)4-9-24(22)35/h3-4,6-9,11-13,15,18H,5,10,14H2,1-2H3,(H,30,36)(H,32,37). The molecule has 8 nitrogen and oxygen atoms in total. The largest absolute Gasteiger partial charge is 0.355 e. The fourth-order valence-electron chi connectivity index (χ4n) is 5.02. The third-order valence-corrected chi connectivity index (χ3v) is 7.26. The summed E-state index contributed by atoms with van der Waals surface area (Å²) < 4.78 is 4.08. The van der Waals surface area contributed by atoms with Crippen molar-refractivity contribution in [2.75, 3.05) is 7.05 Å². The molecular formula is C28H25ClN6O2. The lowest BCUT2D eigenvalue weighted by Crippen LogP contribution is -2.41. The molecule has 1 aliphatic heterocycles. The highest BCUT2D eigenvalue weighted by molar-refractivity contribution is 6.34. The number of aromatic nitrogens is 4.